The number of oxazole rings is 1. The van der Waals surface area contributed by atoms with Crippen LogP contribution in [0.15, 0.2) is 28.9 Å². The third-order valence-electron chi connectivity index (χ3n) is 2.32. The fourth-order valence-corrected chi connectivity index (χ4v) is 1.65. The third kappa shape index (κ3) is 4.13. The molecule has 0 saturated heterocycles. The van der Waals surface area contributed by atoms with Gasteiger partial charge < -0.3 is 14.5 Å². The van der Waals surface area contributed by atoms with Crippen LogP contribution in [0.5, 0.6) is 11.8 Å². The first-order chi connectivity index (χ1) is 9.04. The van der Waals surface area contributed by atoms with Gasteiger partial charge >= 0.3 is 6.08 Å². The van der Waals surface area contributed by atoms with Crippen LogP contribution in [0.4, 0.5) is 0 Å². The van der Waals surface area contributed by atoms with Crippen molar-refractivity contribution in [2.45, 2.75) is 26.4 Å². The maximum atomic E-state index is 5.90. The lowest BCUT2D eigenvalue weighted by Crippen LogP contribution is -2.21. The van der Waals surface area contributed by atoms with Crippen LogP contribution >= 0.6 is 23.2 Å². The van der Waals surface area contributed by atoms with Gasteiger partial charge in [-0.25, -0.2) is 0 Å². The van der Waals surface area contributed by atoms with E-state index in [1.54, 1.807) is 24.5 Å². The van der Waals surface area contributed by atoms with Gasteiger partial charge in [-0.2, -0.15) is 4.98 Å². The van der Waals surface area contributed by atoms with Gasteiger partial charge in [0.15, 0.2) is 0 Å². The van der Waals surface area contributed by atoms with E-state index >= 15 is 0 Å². The molecule has 2 aromatic rings. The summed E-state index contributed by atoms with van der Waals surface area (Å²) in [5.74, 6) is 0.527. The molecule has 0 aliphatic rings. The van der Waals surface area contributed by atoms with Gasteiger partial charge in [-0.3, -0.25) is 0 Å². The van der Waals surface area contributed by atoms with Crippen molar-refractivity contribution < 1.29 is 9.15 Å². The lowest BCUT2D eigenvalue weighted by Gasteiger charge is -2.04. The second kappa shape index (κ2) is 6.28. The Bertz CT molecular complexity index is 555. The summed E-state index contributed by atoms with van der Waals surface area (Å²) in [5.41, 5.74) is 0.781. The first-order valence-electron chi connectivity index (χ1n) is 5.85. The van der Waals surface area contributed by atoms with Crippen molar-refractivity contribution >= 4 is 23.2 Å². The number of halogens is 2. The molecular formula is C13H14Cl2N2O2. The van der Waals surface area contributed by atoms with Crippen molar-refractivity contribution in [3.63, 3.8) is 0 Å². The van der Waals surface area contributed by atoms with Gasteiger partial charge in [0, 0.05) is 18.7 Å². The molecule has 1 N–H and O–H groups in total. The quantitative estimate of drug-likeness (QED) is 0.895. The van der Waals surface area contributed by atoms with Crippen LogP contribution in [0.1, 0.15) is 19.5 Å². The standard InChI is InChI=1S/C13H14Cl2N2O2/c1-8(2)16-6-9-7-18-13(17-9)19-10-3-4-11(14)12(15)5-10/h3-5,7-8,16H,6H2,1-2H3. The summed E-state index contributed by atoms with van der Waals surface area (Å²) in [6.07, 6.45) is 1.74. The van der Waals surface area contributed by atoms with Crippen LogP contribution in [0.3, 0.4) is 0 Å². The summed E-state index contributed by atoms with van der Waals surface area (Å²) in [6, 6.07) is 5.35. The molecule has 102 valence electrons. The SMILES string of the molecule is CC(C)NCc1coc(Oc2ccc(Cl)c(Cl)c2)n1. The topological polar surface area (TPSA) is 47.3 Å². The van der Waals surface area contributed by atoms with Gasteiger partial charge in [-0.05, 0) is 12.1 Å². The van der Waals surface area contributed by atoms with E-state index < -0.39 is 0 Å². The van der Waals surface area contributed by atoms with E-state index in [4.69, 9.17) is 32.4 Å². The highest BCUT2D eigenvalue weighted by atomic mass is 35.5. The highest BCUT2D eigenvalue weighted by Crippen LogP contribution is 2.29. The Morgan fingerprint density at radius 3 is 2.79 bits per heavy atom. The van der Waals surface area contributed by atoms with Crippen LogP contribution in [0.25, 0.3) is 0 Å². The highest BCUT2D eigenvalue weighted by molar-refractivity contribution is 6.42. The monoisotopic (exact) mass is 300 g/mol. The minimum absolute atomic E-state index is 0.180. The van der Waals surface area contributed by atoms with E-state index in [-0.39, 0.29) is 6.08 Å². The van der Waals surface area contributed by atoms with E-state index in [2.05, 4.69) is 24.1 Å². The van der Waals surface area contributed by atoms with E-state index in [0.29, 0.717) is 28.4 Å². The third-order valence-corrected chi connectivity index (χ3v) is 3.06. The van der Waals surface area contributed by atoms with Gasteiger partial charge in [0.05, 0.1) is 15.7 Å². The summed E-state index contributed by atoms with van der Waals surface area (Å²) in [7, 11) is 0. The van der Waals surface area contributed by atoms with Crippen molar-refractivity contribution in [1.29, 1.82) is 0 Å². The van der Waals surface area contributed by atoms with Crippen LogP contribution in [-0.4, -0.2) is 11.0 Å². The summed E-state index contributed by atoms with van der Waals surface area (Å²) in [6.45, 7) is 4.76. The molecule has 0 aliphatic carbocycles. The molecule has 0 unspecified atom stereocenters. The molecule has 0 amide bonds. The number of ether oxygens (including phenoxy) is 1. The normalized spacial score (nSPS) is 11.0. The van der Waals surface area contributed by atoms with Crippen molar-refractivity contribution in [2.75, 3.05) is 0 Å². The Balaban J connectivity index is 2.01. The molecule has 0 atom stereocenters. The molecule has 0 radical (unpaired) electrons. The Labute approximate surface area is 121 Å². The van der Waals surface area contributed by atoms with E-state index in [1.165, 1.54) is 0 Å². The van der Waals surface area contributed by atoms with Gasteiger partial charge in [0.1, 0.15) is 12.0 Å². The predicted octanol–water partition coefficient (Wildman–Crippen LogP) is 4.27. The molecule has 4 nitrogen and oxygen atoms in total. The molecule has 1 heterocycles. The maximum Gasteiger partial charge on any atom is 0.399 e. The minimum Gasteiger partial charge on any atom is -0.417 e. The molecule has 0 aliphatic heterocycles. The zero-order valence-electron chi connectivity index (χ0n) is 10.6. The van der Waals surface area contributed by atoms with E-state index in [9.17, 15) is 0 Å². The second-order valence-electron chi connectivity index (χ2n) is 4.32. The van der Waals surface area contributed by atoms with Gasteiger partial charge in [-0.1, -0.05) is 37.0 Å². The lowest BCUT2D eigenvalue weighted by molar-refractivity contribution is 0.331. The summed E-state index contributed by atoms with van der Waals surface area (Å²) in [5, 5.41) is 4.14. The fourth-order valence-electron chi connectivity index (χ4n) is 1.37. The lowest BCUT2D eigenvalue weighted by atomic mass is 10.3. The number of aromatic nitrogens is 1. The van der Waals surface area contributed by atoms with Gasteiger partial charge in [-0.15, -0.1) is 0 Å². The first-order valence-corrected chi connectivity index (χ1v) is 6.61. The summed E-state index contributed by atoms with van der Waals surface area (Å²) < 4.78 is 10.7. The number of nitrogens with zero attached hydrogens (tertiary/aromatic N) is 1. The molecule has 0 saturated carbocycles. The minimum atomic E-state index is 0.180. The number of benzene rings is 1. The van der Waals surface area contributed by atoms with Crippen LogP contribution in [0, 0.1) is 0 Å². The number of hydrogen-bond acceptors (Lipinski definition) is 4. The van der Waals surface area contributed by atoms with Crippen molar-refractivity contribution in [1.82, 2.24) is 10.3 Å². The van der Waals surface area contributed by atoms with Crippen molar-refractivity contribution in [2.24, 2.45) is 0 Å². The first kappa shape index (κ1) is 14.2. The molecule has 0 spiro atoms. The predicted molar refractivity (Wildman–Crippen MR) is 75.0 cm³/mol. The smallest absolute Gasteiger partial charge is 0.399 e. The second-order valence-corrected chi connectivity index (χ2v) is 5.13. The molecule has 0 fully saturated rings. The molecule has 1 aromatic carbocycles. The Kier molecular flexibility index (Phi) is 4.69. The fraction of sp³-hybridized carbons (Fsp3) is 0.308. The molecule has 1 aromatic heterocycles. The summed E-state index contributed by atoms with van der Waals surface area (Å²) >= 11 is 11.7. The molecule has 0 bridgehead atoms. The molecule has 6 heteroatoms. The van der Waals surface area contributed by atoms with Crippen molar-refractivity contribution in [3.05, 3.63) is 40.2 Å². The summed E-state index contributed by atoms with van der Waals surface area (Å²) in [4.78, 5) is 4.20. The molecule has 19 heavy (non-hydrogen) atoms. The zero-order valence-corrected chi connectivity index (χ0v) is 12.1. The van der Waals surface area contributed by atoms with Crippen LogP contribution in [0.2, 0.25) is 10.0 Å². The number of rotatable bonds is 5. The molecule has 2 rings (SSSR count). The average Bonchev–Trinajstić information content (AvgIpc) is 2.79. The van der Waals surface area contributed by atoms with Crippen LogP contribution < -0.4 is 10.1 Å². The van der Waals surface area contributed by atoms with Crippen LogP contribution in [-0.2, 0) is 6.54 Å². The zero-order chi connectivity index (χ0) is 13.8. The highest BCUT2D eigenvalue weighted by Gasteiger charge is 2.08. The van der Waals surface area contributed by atoms with E-state index in [1.807, 2.05) is 0 Å². The Hall–Kier alpha value is -1.23. The van der Waals surface area contributed by atoms with Gasteiger partial charge in [0.2, 0.25) is 0 Å². The Morgan fingerprint density at radius 1 is 1.32 bits per heavy atom. The average molecular weight is 301 g/mol. The molecular weight excluding hydrogens is 287 g/mol. The number of nitrogens with one attached hydrogen (secondary N) is 1. The number of hydrogen-bond donors (Lipinski definition) is 1. The van der Waals surface area contributed by atoms with Crippen molar-refractivity contribution in [3.8, 4) is 11.8 Å². The van der Waals surface area contributed by atoms with E-state index in [0.717, 1.165) is 5.69 Å². The Morgan fingerprint density at radius 2 is 2.11 bits per heavy atom. The van der Waals surface area contributed by atoms with Gasteiger partial charge in [0.25, 0.3) is 0 Å². The largest absolute Gasteiger partial charge is 0.417 e. The maximum absolute atomic E-state index is 5.90.